The van der Waals surface area contributed by atoms with Crippen molar-refractivity contribution in [2.45, 2.75) is 6.92 Å². The molecule has 4 aromatic rings. The SMILES string of the molecule is Cc1ccc(-c2n[nH]c(=S)n2/N=C\c2ccc(-c3ccc([N+](=O)[O-])cc3)o2)cc1. The van der Waals surface area contributed by atoms with Gasteiger partial charge >= 0.3 is 0 Å². The van der Waals surface area contributed by atoms with Crippen molar-refractivity contribution in [3.8, 4) is 22.7 Å². The zero-order valence-corrected chi connectivity index (χ0v) is 16.1. The second-order valence-electron chi connectivity index (χ2n) is 6.28. The van der Waals surface area contributed by atoms with Crippen LogP contribution in [0.3, 0.4) is 0 Å². The summed E-state index contributed by atoms with van der Waals surface area (Å²) in [6.45, 7) is 2.01. The Hall–Kier alpha value is -3.85. The lowest BCUT2D eigenvalue weighted by Gasteiger charge is -2.01. The van der Waals surface area contributed by atoms with Crippen LogP contribution in [0, 0.1) is 21.8 Å². The molecule has 0 fully saturated rings. The zero-order chi connectivity index (χ0) is 20.4. The van der Waals surface area contributed by atoms with Crippen LogP contribution in [0.5, 0.6) is 0 Å². The van der Waals surface area contributed by atoms with Crippen molar-refractivity contribution < 1.29 is 9.34 Å². The van der Waals surface area contributed by atoms with Gasteiger partial charge in [-0.05, 0) is 43.4 Å². The van der Waals surface area contributed by atoms with Crippen LogP contribution in [0.1, 0.15) is 11.3 Å². The second kappa shape index (κ2) is 7.64. The van der Waals surface area contributed by atoms with E-state index in [1.54, 1.807) is 24.3 Å². The first kappa shape index (κ1) is 18.5. The van der Waals surface area contributed by atoms with E-state index >= 15 is 0 Å². The van der Waals surface area contributed by atoms with Crippen LogP contribution < -0.4 is 0 Å². The molecule has 0 aliphatic rings. The molecule has 9 heteroatoms. The molecule has 0 unspecified atom stereocenters. The molecule has 0 amide bonds. The number of non-ortho nitro benzene ring substituents is 1. The first-order valence-corrected chi connectivity index (χ1v) is 9.05. The first-order chi connectivity index (χ1) is 14.0. The molecule has 0 atom stereocenters. The lowest BCUT2D eigenvalue weighted by atomic mass is 10.1. The van der Waals surface area contributed by atoms with Gasteiger partial charge in [-0.25, -0.2) is 5.10 Å². The van der Waals surface area contributed by atoms with E-state index in [0.717, 1.165) is 16.7 Å². The van der Waals surface area contributed by atoms with Crippen molar-refractivity contribution in [2.24, 2.45) is 5.10 Å². The minimum Gasteiger partial charge on any atom is -0.455 e. The van der Waals surface area contributed by atoms with Crippen molar-refractivity contribution in [1.29, 1.82) is 0 Å². The van der Waals surface area contributed by atoms with Crippen LogP contribution in [-0.2, 0) is 0 Å². The molecule has 144 valence electrons. The van der Waals surface area contributed by atoms with E-state index in [-0.39, 0.29) is 5.69 Å². The number of nitrogens with one attached hydrogen (secondary N) is 1. The highest BCUT2D eigenvalue weighted by molar-refractivity contribution is 7.71. The van der Waals surface area contributed by atoms with Gasteiger partial charge in [0.1, 0.15) is 11.5 Å². The Balaban J connectivity index is 1.59. The number of nitro groups is 1. The molecular weight excluding hydrogens is 390 g/mol. The van der Waals surface area contributed by atoms with Gasteiger partial charge in [0.25, 0.3) is 5.69 Å². The highest BCUT2D eigenvalue weighted by atomic mass is 32.1. The summed E-state index contributed by atoms with van der Waals surface area (Å²) < 4.78 is 7.65. The van der Waals surface area contributed by atoms with Crippen molar-refractivity contribution in [3.63, 3.8) is 0 Å². The van der Waals surface area contributed by atoms with E-state index in [0.29, 0.717) is 22.1 Å². The van der Waals surface area contributed by atoms with Crippen LogP contribution in [-0.4, -0.2) is 26.0 Å². The van der Waals surface area contributed by atoms with Gasteiger partial charge in [-0.3, -0.25) is 10.1 Å². The fourth-order valence-corrected chi connectivity index (χ4v) is 2.91. The number of H-pyrrole nitrogens is 1. The Bertz CT molecular complexity index is 1250. The Morgan fingerprint density at radius 2 is 1.79 bits per heavy atom. The summed E-state index contributed by atoms with van der Waals surface area (Å²) in [7, 11) is 0. The summed E-state index contributed by atoms with van der Waals surface area (Å²) in [4.78, 5) is 10.3. The number of nitro benzene ring substituents is 1. The summed E-state index contributed by atoms with van der Waals surface area (Å²) in [6, 6.07) is 17.6. The number of hydrogen-bond acceptors (Lipinski definition) is 6. The van der Waals surface area contributed by atoms with Crippen LogP contribution in [0.25, 0.3) is 22.7 Å². The molecule has 4 rings (SSSR count). The third kappa shape index (κ3) is 3.90. The normalized spacial score (nSPS) is 11.2. The number of furan rings is 1. The number of aryl methyl sites for hydroxylation is 1. The highest BCUT2D eigenvalue weighted by Crippen LogP contribution is 2.24. The summed E-state index contributed by atoms with van der Waals surface area (Å²) in [6.07, 6.45) is 1.54. The standard InChI is InChI=1S/C20H15N5O3S/c1-13-2-4-15(5-3-13)19-22-23-20(29)24(19)21-12-17-10-11-18(28-17)14-6-8-16(9-7-14)25(26)27/h2-12H,1H3,(H,23,29)/b21-12-. The number of benzene rings is 2. The quantitative estimate of drug-likeness (QED) is 0.219. The van der Waals surface area contributed by atoms with Crippen LogP contribution in [0.2, 0.25) is 0 Å². The molecule has 1 N–H and O–H groups in total. The van der Waals surface area contributed by atoms with Crippen molar-refractivity contribution >= 4 is 24.1 Å². The molecule has 2 heterocycles. The number of aromatic amines is 1. The highest BCUT2D eigenvalue weighted by Gasteiger charge is 2.10. The Kier molecular flexibility index (Phi) is 4.88. The Morgan fingerprint density at radius 1 is 1.10 bits per heavy atom. The first-order valence-electron chi connectivity index (χ1n) is 8.65. The van der Waals surface area contributed by atoms with E-state index in [4.69, 9.17) is 16.6 Å². The molecule has 0 aliphatic heterocycles. The van der Waals surface area contributed by atoms with Crippen molar-refractivity contribution in [3.05, 3.63) is 86.9 Å². The Labute approximate surface area is 170 Å². The molecule has 0 saturated heterocycles. The van der Waals surface area contributed by atoms with Gasteiger partial charge in [-0.1, -0.05) is 29.8 Å². The monoisotopic (exact) mass is 405 g/mol. The van der Waals surface area contributed by atoms with Gasteiger partial charge in [0.15, 0.2) is 5.82 Å². The molecule has 2 aromatic carbocycles. The molecule has 2 aromatic heterocycles. The molecule has 8 nitrogen and oxygen atoms in total. The Morgan fingerprint density at radius 3 is 2.48 bits per heavy atom. The maximum atomic E-state index is 10.8. The second-order valence-corrected chi connectivity index (χ2v) is 6.67. The van der Waals surface area contributed by atoms with Crippen LogP contribution >= 0.6 is 12.2 Å². The van der Waals surface area contributed by atoms with Crippen LogP contribution in [0.15, 0.2) is 70.2 Å². The lowest BCUT2D eigenvalue weighted by molar-refractivity contribution is -0.384. The molecule has 0 spiro atoms. The van der Waals surface area contributed by atoms with Gasteiger partial charge < -0.3 is 4.42 Å². The molecule has 0 saturated carbocycles. The van der Waals surface area contributed by atoms with Crippen LogP contribution in [0.4, 0.5) is 5.69 Å². The minimum atomic E-state index is -0.440. The number of nitrogens with zero attached hydrogens (tertiary/aromatic N) is 4. The number of rotatable bonds is 5. The van der Waals surface area contributed by atoms with Crippen molar-refractivity contribution in [1.82, 2.24) is 14.9 Å². The predicted octanol–water partition coefficient (Wildman–Crippen LogP) is 4.97. The fraction of sp³-hybridized carbons (Fsp3) is 0.0500. The topological polar surface area (TPSA) is 102 Å². The smallest absolute Gasteiger partial charge is 0.269 e. The van der Waals surface area contributed by atoms with Gasteiger partial charge in [0.05, 0.1) is 11.1 Å². The average molecular weight is 405 g/mol. The van der Waals surface area contributed by atoms with Gasteiger partial charge in [0.2, 0.25) is 4.77 Å². The predicted molar refractivity (Wildman–Crippen MR) is 111 cm³/mol. The molecular formula is C20H15N5O3S. The van der Waals surface area contributed by atoms with E-state index in [1.807, 2.05) is 31.2 Å². The van der Waals surface area contributed by atoms with Crippen molar-refractivity contribution in [2.75, 3.05) is 0 Å². The summed E-state index contributed by atoms with van der Waals surface area (Å²) in [5.74, 6) is 1.68. The fourth-order valence-electron chi connectivity index (χ4n) is 2.73. The molecule has 29 heavy (non-hydrogen) atoms. The van der Waals surface area contributed by atoms with E-state index < -0.39 is 4.92 Å². The average Bonchev–Trinajstić information content (AvgIpc) is 3.34. The largest absolute Gasteiger partial charge is 0.455 e. The lowest BCUT2D eigenvalue weighted by Crippen LogP contribution is -1.94. The number of aromatic nitrogens is 3. The summed E-state index contributed by atoms with van der Waals surface area (Å²) in [5.41, 5.74) is 2.79. The van der Waals surface area contributed by atoms with Gasteiger partial charge in [-0.15, -0.1) is 0 Å². The maximum absolute atomic E-state index is 10.8. The number of hydrogen-bond donors (Lipinski definition) is 1. The molecule has 0 bridgehead atoms. The van der Waals surface area contributed by atoms with Gasteiger partial charge in [-0.2, -0.15) is 14.9 Å². The summed E-state index contributed by atoms with van der Waals surface area (Å²) >= 11 is 5.27. The molecule has 0 radical (unpaired) electrons. The maximum Gasteiger partial charge on any atom is 0.269 e. The molecule has 0 aliphatic carbocycles. The van der Waals surface area contributed by atoms with E-state index in [9.17, 15) is 10.1 Å². The minimum absolute atomic E-state index is 0.0278. The van der Waals surface area contributed by atoms with E-state index in [1.165, 1.54) is 23.0 Å². The summed E-state index contributed by atoms with van der Waals surface area (Å²) in [5, 5.41) is 22.2. The van der Waals surface area contributed by atoms with Gasteiger partial charge in [0, 0.05) is 23.3 Å². The van der Waals surface area contributed by atoms with E-state index in [2.05, 4.69) is 15.3 Å². The third-order valence-electron chi connectivity index (χ3n) is 4.25. The third-order valence-corrected chi connectivity index (χ3v) is 4.51. The zero-order valence-electron chi connectivity index (χ0n) is 15.3.